The number of aromatic nitrogens is 1. The second-order valence-electron chi connectivity index (χ2n) is 6.51. The topological polar surface area (TPSA) is 107 Å². The quantitative estimate of drug-likeness (QED) is 0.475. The lowest BCUT2D eigenvalue weighted by Crippen LogP contribution is -2.14. The first-order valence-corrected chi connectivity index (χ1v) is 11.2. The van der Waals surface area contributed by atoms with E-state index in [4.69, 9.17) is 9.47 Å². The lowest BCUT2D eigenvalue weighted by molar-refractivity contribution is -0.111. The van der Waals surface area contributed by atoms with Gasteiger partial charge in [-0.25, -0.2) is 13.4 Å². The maximum absolute atomic E-state index is 12.4. The van der Waals surface area contributed by atoms with Gasteiger partial charge in [0.05, 0.1) is 18.6 Å². The standard InChI is InChI=1S/C23H23N3O5S/c1-3-31-20-13-7-17(16-21(20)30-2)8-14-23(27)25-18-9-11-19(12-10-18)32(28,29)26-22-6-4-5-15-24-22/h4-16H,3H2,1-2H3,(H,24,26)(H,25,27). The summed E-state index contributed by atoms with van der Waals surface area (Å²) in [5.74, 6) is 1.07. The van der Waals surface area contributed by atoms with Gasteiger partial charge in [-0.3, -0.25) is 9.52 Å². The molecule has 0 bridgehead atoms. The van der Waals surface area contributed by atoms with Crippen LogP contribution in [0.1, 0.15) is 12.5 Å². The van der Waals surface area contributed by atoms with E-state index >= 15 is 0 Å². The van der Waals surface area contributed by atoms with Crippen LogP contribution < -0.4 is 19.5 Å². The average molecular weight is 454 g/mol. The Kier molecular flexibility index (Phi) is 7.45. The highest BCUT2D eigenvalue weighted by Gasteiger charge is 2.14. The Morgan fingerprint density at radius 2 is 1.84 bits per heavy atom. The zero-order valence-corrected chi connectivity index (χ0v) is 18.4. The largest absolute Gasteiger partial charge is 0.493 e. The zero-order chi connectivity index (χ0) is 23.0. The van der Waals surface area contributed by atoms with Crippen LogP contribution in [0.3, 0.4) is 0 Å². The first-order chi connectivity index (χ1) is 15.4. The molecule has 166 valence electrons. The van der Waals surface area contributed by atoms with Crippen LogP contribution in [0.2, 0.25) is 0 Å². The van der Waals surface area contributed by atoms with Gasteiger partial charge >= 0.3 is 0 Å². The number of nitrogens with zero attached hydrogens (tertiary/aromatic N) is 1. The number of benzene rings is 2. The van der Waals surface area contributed by atoms with Crippen LogP contribution in [0.4, 0.5) is 11.5 Å². The molecule has 0 aliphatic rings. The summed E-state index contributed by atoms with van der Waals surface area (Å²) >= 11 is 0. The van der Waals surface area contributed by atoms with Crippen LogP contribution in [0.15, 0.2) is 77.8 Å². The molecule has 0 radical (unpaired) electrons. The minimum Gasteiger partial charge on any atom is -0.493 e. The molecule has 9 heteroatoms. The number of carbonyl (C=O) groups excluding carboxylic acids is 1. The van der Waals surface area contributed by atoms with E-state index in [1.54, 1.807) is 43.5 Å². The van der Waals surface area contributed by atoms with E-state index < -0.39 is 10.0 Å². The van der Waals surface area contributed by atoms with Crippen LogP contribution in [0, 0.1) is 0 Å². The van der Waals surface area contributed by atoms with Gasteiger partial charge in [-0.15, -0.1) is 0 Å². The van der Waals surface area contributed by atoms with E-state index in [1.165, 1.54) is 36.5 Å². The summed E-state index contributed by atoms with van der Waals surface area (Å²) in [5, 5.41) is 2.69. The Hall–Kier alpha value is -3.85. The van der Waals surface area contributed by atoms with Crippen molar-refractivity contribution in [1.29, 1.82) is 0 Å². The summed E-state index contributed by atoms with van der Waals surface area (Å²) in [6.45, 7) is 2.41. The lowest BCUT2D eigenvalue weighted by atomic mass is 10.2. The Labute approximate surface area is 187 Å². The van der Waals surface area contributed by atoms with E-state index in [2.05, 4.69) is 15.0 Å². The Morgan fingerprint density at radius 1 is 1.06 bits per heavy atom. The molecule has 3 rings (SSSR count). The molecule has 1 heterocycles. The fourth-order valence-electron chi connectivity index (χ4n) is 2.76. The van der Waals surface area contributed by atoms with Crippen LogP contribution in [-0.2, 0) is 14.8 Å². The van der Waals surface area contributed by atoms with Gasteiger partial charge in [0.25, 0.3) is 10.0 Å². The summed E-state index contributed by atoms with van der Waals surface area (Å²) in [4.78, 5) is 16.2. The van der Waals surface area contributed by atoms with Gasteiger partial charge < -0.3 is 14.8 Å². The second kappa shape index (κ2) is 10.5. The molecule has 32 heavy (non-hydrogen) atoms. The molecule has 0 atom stereocenters. The molecule has 0 unspecified atom stereocenters. The molecule has 2 N–H and O–H groups in total. The Balaban J connectivity index is 1.63. The SMILES string of the molecule is CCOc1ccc(C=CC(=O)Nc2ccc(S(=O)(=O)Nc3ccccn3)cc2)cc1OC. The molecule has 0 aliphatic carbocycles. The van der Waals surface area contributed by atoms with Crippen molar-refractivity contribution in [2.45, 2.75) is 11.8 Å². The number of sulfonamides is 1. The van der Waals surface area contributed by atoms with Crippen molar-refractivity contribution in [3.63, 3.8) is 0 Å². The monoisotopic (exact) mass is 453 g/mol. The molecule has 1 aromatic heterocycles. The number of rotatable bonds is 9. The highest BCUT2D eigenvalue weighted by molar-refractivity contribution is 7.92. The zero-order valence-electron chi connectivity index (χ0n) is 17.6. The van der Waals surface area contributed by atoms with Gasteiger partial charge in [0, 0.05) is 18.0 Å². The van der Waals surface area contributed by atoms with Crippen molar-refractivity contribution >= 4 is 33.5 Å². The molecule has 1 amide bonds. The minimum absolute atomic E-state index is 0.0539. The molecule has 3 aromatic rings. The maximum atomic E-state index is 12.4. The molecule has 0 spiro atoms. The van der Waals surface area contributed by atoms with E-state index in [0.29, 0.717) is 23.8 Å². The highest BCUT2D eigenvalue weighted by Crippen LogP contribution is 2.28. The van der Waals surface area contributed by atoms with Crippen molar-refractivity contribution in [3.8, 4) is 11.5 Å². The maximum Gasteiger partial charge on any atom is 0.263 e. The van der Waals surface area contributed by atoms with Gasteiger partial charge in [0.15, 0.2) is 11.5 Å². The number of carbonyl (C=O) groups is 1. The predicted molar refractivity (Wildman–Crippen MR) is 123 cm³/mol. The smallest absolute Gasteiger partial charge is 0.263 e. The van der Waals surface area contributed by atoms with Crippen molar-refractivity contribution < 1.29 is 22.7 Å². The number of anilines is 2. The van der Waals surface area contributed by atoms with Crippen LogP contribution in [-0.4, -0.2) is 33.0 Å². The number of hydrogen-bond acceptors (Lipinski definition) is 6. The summed E-state index contributed by atoms with van der Waals surface area (Å²) < 4.78 is 38.1. The van der Waals surface area contributed by atoms with Crippen LogP contribution in [0.25, 0.3) is 6.08 Å². The molecule has 8 nitrogen and oxygen atoms in total. The third-order valence-corrected chi connectivity index (χ3v) is 5.62. The summed E-state index contributed by atoms with van der Waals surface area (Å²) in [6.07, 6.45) is 4.51. The lowest BCUT2D eigenvalue weighted by Gasteiger charge is -2.09. The van der Waals surface area contributed by atoms with Crippen LogP contribution in [0.5, 0.6) is 11.5 Å². The van der Waals surface area contributed by atoms with E-state index in [0.717, 1.165) is 5.56 Å². The Morgan fingerprint density at radius 3 is 2.50 bits per heavy atom. The van der Waals surface area contributed by atoms with Crippen molar-refractivity contribution in [2.75, 3.05) is 23.8 Å². The van der Waals surface area contributed by atoms with E-state index in [-0.39, 0.29) is 16.6 Å². The minimum atomic E-state index is -3.78. The molecule has 0 saturated heterocycles. The first-order valence-electron chi connectivity index (χ1n) is 9.75. The molecule has 0 aliphatic heterocycles. The van der Waals surface area contributed by atoms with Crippen molar-refractivity contribution in [2.24, 2.45) is 0 Å². The number of hydrogen-bond donors (Lipinski definition) is 2. The summed E-state index contributed by atoms with van der Waals surface area (Å²) in [5.41, 5.74) is 1.23. The van der Waals surface area contributed by atoms with E-state index in [1.807, 2.05) is 13.0 Å². The average Bonchev–Trinajstić information content (AvgIpc) is 2.79. The fourth-order valence-corrected chi connectivity index (χ4v) is 3.76. The highest BCUT2D eigenvalue weighted by atomic mass is 32.2. The van der Waals surface area contributed by atoms with Crippen molar-refractivity contribution in [3.05, 3.63) is 78.5 Å². The number of methoxy groups -OCH3 is 1. The third-order valence-electron chi connectivity index (χ3n) is 4.25. The van der Waals surface area contributed by atoms with Gasteiger partial charge in [-0.1, -0.05) is 12.1 Å². The fraction of sp³-hybridized carbons (Fsp3) is 0.130. The third kappa shape index (κ3) is 6.08. The van der Waals surface area contributed by atoms with E-state index in [9.17, 15) is 13.2 Å². The van der Waals surface area contributed by atoms with Gasteiger partial charge in [0.1, 0.15) is 5.82 Å². The first kappa shape index (κ1) is 22.8. The van der Waals surface area contributed by atoms with Gasteiger partial charge in [-0.2, -0.15) is 0 Å². The Bertz CT molecular complexity index is 1190. The molecule has 2 aromatic carbocycles. The van der Waals surface area contributed by atoms with Crippen LogP contribution >= 0.6 is 0 Å². The molecular weight excluding hydrogens is 430 g/mol. The number of pyridine rings is 1. The molecule has 0 fully saturated rings. The number of amides is 1. The second-order valence-corrected chi connectivity index (χ2v) is 8.19. The predicted octanol–water partition coefficient (Wildman–Crippen LogP) is 3.94. The molecular formula is C23H23N3O5S. The molecule has 0 saturated carbocycles. The normalized spacial score (nSPS) is 11.2. The van der Waals surface area contributed by atoms with Crippen molar-refractivity contribution in [1.82, 2.24) is 4.98 Å². The summed E-state index contributed by atoms with van der Waals surface area (Å²) in [6, 6.07) is 16.1. The van der Waals surface area contributed by atoms with Gasteiger partial charge in [0.2, 0.25) is 5.91 Å². The van der Waals surface area contributed by atoms with Gasteiger partial charge in [-0.05, 0) is 67.1 Å². The summed E-state index contributed by atoms with van der Waals surface area (Å²) in [7, 11) is -2.23. The number of ether oxygens (including phenoxy) is 2. The number of nitrogens with one attached hydrogen (secondary N) is 2.